The second kappa shape index (κ2) is 5.58. The second-order valence-electron chi connectivity index (χ2n) is 4.19. The Kier molecular flexibility index (Phi) is 4.10. The van der Waals surface area contributed by atoms with Crippen molar-refractivity contribution < 1.29 is 9.18 Å². The molecule has 1 amide bonds. The molecule has 0 N–H and O–H groups in total. The maximum Gasteiger partial charge on any atom is 0.255 e. The van der Waals surface area contributed by atoms with Gasteiger partial charge in [-0.2, -0.15) is 0 Å². The maximum atomic E-state index is 13.0. The topological polar surface area (TPSA) is 33.2 Å². The van der Waals surface area contributed by atoms with E-state index in [0.29, 0.717) is 5.56 Å². The molecular formula is C12H14BrFN2O. The van der Waals surface area contributed by atoms with Crippen LogP contribution in [0.5, 0.6) is 0 Å². The molecule has 17 heavy (non-hydrogen) atoms. The minimum absolute atomic E-state index is 0.124. The van der Waals surface area contributed by atoms with Gasteiger partial charge in [0.15, 0.2) is 0 Å². The number of amides is 1. The highest BCUT2D eigenvalue weighted by molar-refractivity contribution is 9.09. The van der Waals surface area contributed by atoms with Crippen molar-refractivity contribution in [3.05, 3.63) is 29.8 Å². The summed E-state index contributed by atoms with van der Waals surface area (Å²) in [6, 6.07) is 1.45. The molecule has 1 fully saturated rings. The highest BCUT2D eigenvalue weighted by atomic mass is 79.9. The van der Waals surface area contributed by atoms with Crippen LogP contribution >= 0.6 is 15.9 Å². The number of pyridine rings is 1. The third-order valence-electron chi connectivity index (χ3n) is 3.02. The zero-order chi connectivity index (χ0) is 12.3. The van der Waals surface area contributed by atoms with Gasteiger partial charge in [0.25, 0.3) is 5.91 Å². The van der Waals surface area contributed by atoms with E-state index < -0.39 is 5.82 Å². The van der Waals surface area contributed by atoms with E-state index in [0.717, 1.165) is 37.3 Å². The van der Waals surface area contributed by atoms with Gasteiger partial charge in [-0.05, 0) is 25.3 Å². The molecule has 1 aliphatic heterocycles. The molecule has 1 aromatic rings. The highest BCUT2D eigenvalue weighted by Crippen LogP contribution is 2.21. The van der Waals surface area contributed by atoms with Gasteiger partial charge < -0.3 is 4.90 Å². The van der Waals surface area contributed by atoms with Crippen LogP contribution in [0.4, 0.5) is 4.39 Å². The Hall–Kier alpha value is -0.970. The summed E-state index contributed by atoms with van der Waals surface area (Å²) in [7, 11) is 0. The normalized spacial score (nSPS) is 20.4. The lowest BCUT2D eigenvalue weighted by Gasteiger charge is -2.34. The fourth-order valence-electron chi connectivity index (χ4n) is 2.12. The molecule has 1 aromatic heterocycles. The molecule has 1 saturated heterocycles. The van der Waals surface area contributed by atoms with Crippen LogP contribution in [0.3, 0.4) is 0 Å². The summed E-state index contributed by atoms with van der Waals surface area (Å²) < 4.78 is 13.0. The molecule has 0 radical (unpaired) electrons. The summed E-state index contributed by atoms with van der Waals surface area (Å²) >= 11 is 3.42. The third-order valence-corrected chi connectivity index (χ3v) is 3.77. The molecule has 0 bridgehead atoms. The van der Waals surface area contributed by atoms with Crippen molar-refractivity contribution in [3.8, 4) is 0 Å². The van der Waals surface area contributed by atoms with E-state index in [9.17, 15) is 9.18 Å². The summed E-state index contributed by atoms with van der Waals surface area (Å²) in [6.45, 7) is 0.742. The number of likely N-dealkylation sites (tertiary alicyclic amines) is 1. The summed E-state index contributed by atoms with van der Waals surface area (Å²) in [5.74, 6) is -0.593. The van der Waals surface area contributed by atoms with Crippen molar-refractivity contribution in [2.24, 2.45) is 0 Å². The van der Waals surface area contributed by atoms with Gasteiger partial charge in [-0.15, -0.1) is 0 Å². The minimum atomic E-state index is -0.469. The van der Waals surface area contributed by atoms with Gasteiger partial charge in [-0.3, -0.25) is 9.78 Å². The van der Waals surface area contributed by atoms with Gasteiger partial charge in [0.05, 0.1) is 11.8 Å². The second-order valence-corrected chi connectivity index (χ2v) is 4.84. The standard InChI is InChI=1S/C12H14BrFN2O/c13-6-11-3-1-2-4-16(11)12(17)9-5-10(14)8-15-7-9/h5,7-8,11H,1-4,6H2. The van der Waals surface area contributed by atoms with E-state index in [2.05, 4.69) is 20.9 Å². The van der Waals surface area contributed by atoms with E-state index in [-0.39, 0.29) is 11.9 Å². The van der Waals surface area contributed by atoms with Gasteiger partial charge in [0, 0.05) is 24.1 Å². The van der Waals surface area contributed by atoms with Crippen molar-refractivity contribution in [2.75, 3.05) is 11.9 Å². The summed E-state index contributed by atoms with van der Waals surface area (Å²) in [6.07, 6.45) is 5.68. The SMILES string of the molecule is O=C(c1cncc(F)c1)N1CCCCC1CBr. The van der Waals surface area contributed by atoms with Crippen LogP contribution in [-0.2, 0) is 0 Å². The van der Waals surface area contributed by atoms with E-state index in [1.165, 1.54) is 12.3 Å². The van der Waals surface area contributed by atoms with Gasteiger partial charge in [0.1, 0.15) is 5.82 Å². The maximum absolute atomic E-state index is 13.0. The number of hydrogen-bond donors (Lipinski definition) is 0. The number of carbonyl (C=O) groups is 1. The lowest BCUT2D eigenvalue weighted by atomic mass is 10.0. The number of carbonyl (C=O) groups excluding carboxylic acids is 1. The number of hydrogen-bond acceptors (Lipinski definition) is 2. The minimum Gasteiger partial charge on any atom is -0.335 e. The molecule has 2 rings (SSSR count). The predicted molar refractivity (Wildman–Crippen MR) is 66.7 cm³/mol. The van der Waals surface area contributed by atoms with Crippen molar-refractivity contribution in [1.82, 2.24) is 9.88 Å². The molecule has 1 atom stereocenters. The van der Waals surface area contributed by atoms with Crippen LogP contribution < -0.4 is 0 Å². The Balaban J connectivity index is 2.18. The predicted octanol–water partition coefficient (Wildman–Crippen LogP) is 2.61. The molecule has 5 heteroatoms. The number of halogens is 2. The highest BCUT2D eigenvalue weighted by Gasteiger charge is 2.26. The van der Waals surface area contributed by atoms with E-state index in [1.54, 1.807) is 0 Å². The van der Waals surface area contributed by atoms with Crippen LogP contribution in [-0.4, -0.2) is 33.7 Å². The number of piperidine rings is 1. The number of rotatable bonds is 2. The first kappa shape index (κ1) is 12.5. The van der Waals surface area contributed by atoms with Crippen molar-refractivity contribution in [1.29, 1.82) is 0 Å². The first-order valence-corrected chi connectivity index (χ1v) is 6.82. The van der Waals surface area contributed by atoms with Gasteiger partial charge >= 0.3 is 0 Å². The molecule has 0 aromatic carbocycles. The fraction of sp³-hybridized carbons (Fsp3) is 0.500. The molecule has 1 unspecified atom stereocenters. The Bertz CT molecular complexity index is 413. The number of aromatic nitrogens is 1. The quantitative estimate of drug-likeness (QED) is 0.787. The smallest absolute Gasteiger partial charge is 0.255 e. The molecular weight excluding hydrogens is 287 g/mol. The largest absolute Gasteiger partial charge is 0.335 e. The number of alkyl halides is 1. The van der Waals surface area contributed by atoms with Gasteiger partial charge in [0.2, 0.25) is 0 Å². The Morgan fingerprint density at radius 2 is 2.35 bits per heavy atom. The van der Waals surface area contributed by atoms with Crippen LogP contribution in [0.15, 0.2) is 18.5 Å². The van der Waals surface area contributed by atoms with Crippen molar-refractivity contribution in [3.63, 3.8) is 0 Å². The lowest BCUT2D eigenvalue weighted by Crippen LogP contribution is -2.44. The monoisotopic (exact) mass is 300 g/mol. The first-order valence-electron chi connectivity index (χ1n) is 5.70. The molecule has 2 heterocycles. The molecule has 0 spiro atoms. The average Bonchev–Trinajstić information content (AvgIpc) is 2.38. The zero-order valence-corrected chi connectivity index (χ0v) is 11.0. The lowest BCUT2D eigenvalue weighted by molar-refractivity contribution is 0.0641. The molecule has 0 saturated carbocycles. The number of nitrogens with zero attached hydrogens (tertiary/aromatic N) is 2. The van der Waals surface area contributed by atoms with Gasteiger partial charge in [-0.1, -0.05) is 15.9 Å². The summed E-state index contributed by atoms with van der Waals surface area (Å²) in [5.41, 5.74) is 0.331. The van der Waals surface area contributed by atoms with Crippen LogP contribution in [0.25, 0.3) is 0 Å². The molecule has 92 valence electrons. The summed E-state index contributed by atoms with van der Waals surface area (Å²) in [4.78, 5) is 17.8. The Morgan fingerprint density at radius 1 is 1.53 bits per heavy atom. The van der Waals surface area contributed by atoms with Crippen LogP contribution in [0, 0.1) is 5.82 Å². The Labute approximate surface area is 108 Å². The van der Waals surface area contributed by atoms with Crippen LogP contribution in [0.1, 0.15) is 29.6 Å². The fourth-order valence-corrected chi connectivity index (χ4v) is 2.80. The van der Waals surface area contributed by atoms with E-state index in [4.69, 9.17) is 0 Å². The van der Waals surface area contributed by atoms with Crippen LogP contribution in [0.2, 0.25) is 0 Å². The van der Waals surface area contributed by atoms with E-state index >= 15 is 0 Å². The first-order chi connectivity index (χ1) is 8.22. The summed E-state index contributed by atoms with van der Waals surface area (Å²) in [5, 5.41) is 0.765. The molecule has 3 nitrogen and oxygen atoms in total. The van der Waals surface area contributed by atoms with E-state index in [1.807, 2.05) is 4.90 Å². The van der Waals surface area contributed by atoms with Crippen molar-refractivity contribution >= 4 is 21.8 Å². The van der Waals surface area contributed by atoms with Crippen molar-refractivity contribution in [2.45, 2.75) is 25.3 Å². The molecule has 1 aliphatic rings. The zero-order valence-electron chi connectivity index (χ0n) is 9.40. The third kappa shape index (κ3) is 2.83. The Morgan fingerprint density at radius 3 is 3.06 bits per heavy atom. The van der Waals surface area contributed by atoms with Gasteiger partial charge in [-0.25, -0.2) is 4.39 Å². The molecule has 0 aliphatic carbocycles. The average molecular weight is 301 g/mol.